The van der Waals surface area contributed by atoms with Crippen LogP contribution in [-0.2, 0) is 6.61 Å². The predicted octanol–water partition coefficient (Wildman–Crippen LogP) is 9.67. The van der Waals surface area contributed by atoms with Gasteiger partial charge in [-0.05, 0) is 60.2 Å². The van der Waals surface area contributed by atoms with Crippen molar-refractivity contribution < 1.29 is 9.53 Å². The number of hydrogen-bond donors (Lipinski definition) is 2. The second kappa shape index (κ2) is 13.3. The number of nitrogens with zero attached hydrogens (tertiary/aromatic N) is 2. The largest absolute Gasteiger partial charge is 0.488 e. The number of hydrazone groups is 1. The standard InChI is InChI=1S/C35H26Cl2N4O2S/c1-22-6-15-28(16-7-22)39-35-40-32(21-44-35)24-8-10-25(11-9-24)34(42)41-38-19-30-29-5-3-2-4-23(29)13-17-33(30)43-20-26-12-14-27(36)18-31(26)37/h2-19,21H,20H2,1H3,(H,39,40)(H,41,42)/b38-19-. The number of nitrogens with one attached hydrogen (secondary N) is 2. The Morgan fingerprint density at radius 3 is 2.55 bits per heavy atom. The van der Waals surface area contributed by atoms with Gasteiger partial charge in [-0.3, -0.25) is 4.79 Å². The summed E-state index contributed by atoms with van der Waals surface area (Å²) in [6.45, 7) is 2.30. The average molecular weight is 638 g/mol. The molecule has 5 aromatic carbocycles. The summed E-state index contributed by atoms with van der Waals surface area (Å²) in [7, 11) is 0. The molecule has 0 unspecified atom stereocenters. The van der Waals surface area contributed by atoms with Gasteiger partial charge in [0.05, 0.1) is 11.9 Å². The monoisotopic (exact) mass is 636 g/mol. The van der Waals surface area contributed by atoms with Gasteiger partial charge >= 0.3 is 0 Å². The van der Waals surface area contributed by atoms with E-state index in [1.54, 1.807) is 30.5 Å². The van der Waals surface area contributed by atoms with Gasteiger partial charge in [0.1, 0.15) is 12.4 Å². The number of rotatable bonds is 9. The lowest BCUT2D eigenvalue weighted by Crippen LogP contribution is -2.17. The summed E-state index contributed by atoms with van der Waals surface area (Å²) in [5.41, 5.74) is 8.59. The molecule has 218 valence electrons. The summed E-state index contributed by atoms with van der Waals surface area (Å²) >= 11 is 13.9. The highest BCUT2D eigenvalue weighted by Crippen LogP contribution is 2.30. The lowest BCUT2D eigenvalue weighted by molar-refractivity contribution is 0.0955. The third-order valence-corrected chi connectivity index (χ3v) is 8.28. The minimum atomic E-state index is -0.330. The van der Waals surface area contributed by atoms with E-state index in [0.29, 0.717) is 21.4 Å². The number of carbonyl (C=O) groups excluding carboxylic acids is 1. The number of aryl methyl sites for hydroxylation is 1. The number of aromatic nitrogens is 1. The van der Waals surface area contributed by atoms with Crippen LogP contribution in [0.1, 0.15) is 27.0 Å². The first-order valence-corrected chi connectivity index (χ1v) is 15.4. The fourth-order valence-corrected chi connectivity index (χ4v) is 5.77. The topological polar surface area (TPSA) is 75.6 Å². The van der Waals surface area contributed by atoms with Crippen LogP contribution >= 0.6 is 34.5 Å². The van der Waals surface area contributed by atoms with Gasteiger partial charge in [0.25, 0.3) is 5.91 Å². The Kier molecular flexibility index (Phi) is 8.89. The Labute approximate surface area is 269 Å². The first-order valence-electron chi connectivity index (χ1n) is 13.7. The molecule has 6 aromatic rings. The molecule has 44 heavy (non-hydrogen) atoms. The number of thiazole rings is 1. The Hall–Kier alpha value is -4.69. The molecule has 0 spiro atoms. The first kappa shape index (κ1) is 29.4. The van der Waals surface area contributed by atoms with Crippen LogP contribution in [0.25, 0.3) is 22.0 Å². The maximum absolute atomic E-state index is 12.9. The van der Waals surface area contributed by atoms with E-state index in [1.165, 1.54) is 16.9 Å². The van der Waals surface area contributed by atoms with Crippen LogP contribution in [0.5, 0.6) is 5.75 Å². The SMILES string of the molecule is Cc1ccc(Nc2nc(-c3ccc(C(=O)N/N=C\c4c(OCc5ccc(Cl)cc5Cl)ccc5ccccc45)cc3)cs2)cc1. The van der Waals surface area contributed by atoms with Crippen molar-refractivity contribution >= 4 is 68.3 Å². The summed E-state index contributed by atoms with van der Waals surface area (Å²) in [6.07, 6.45) is 1.60. The number of hydrogen-bond acceptors (Lipinski definition) is 6. The van der Waals surface area contributed by atoms with E-state index in [0.717, 1.165) is 44.0 Å². The molecule has 2 N–H and O–H groups in total. The second-order valence-electron chi connectivity index (χ2n) is 10.0. The van der Waals surface area contributed by atoms with Gasteiger partial charge in [-0.25, -0.2) is 10.4 Å². The van der Waals surface area contributed by atoms with E-state index >= 15 is 0 Å². The van der Waals surface area contributed by atoms with Gasteiger partial charge in [-0.1, -0.05) is 89.4 Å². The molecule has 0 aliphatic rings. The molecule has 0 bridgehead atoms. The maximum atomic E-state index is 12.9. The molecule has 6 rings (SSSR count). The minimum Gasteiger partial charge on any atom is -0.488 e. The lowest BCUT2D eigenvalue weighted by atomic mass is 10.0. The van der Waals surface area contributed by atoms with Crippen LogP contribution in [0.3, 0.4) is 0 Å². The molecule has 0 atom stereocenters. The second-order valence-corrected chi connectivity index (χ2v) is 11.7. The smallest absolute Gasteiger partial charge is 0.271 e. The third-order valence-electron chi connectivity index (χ3n) is 6.94. The molecule has 1 aromatic heterocycles. The summed E-state index contributed by atoms with van der Waals surface area (Å²) in [4.78, 5) is 17.6. The molecule has 0 fully saturated rings. The highest BCUT2D eigenvalue weighted by atomic mass is 35.5. The Balaban J connectivity index is 1.14. The zero-order valence-corrected chi connectivity index (χ0v) is 25.9. The highest BCUT2D eigenvalue weighted by Gasteiger charge is 2.11. The molecule has 0 aliphatic carbocycles. The number of fused-ring (bicyclic) bond motifs is 1. The van der Waals surface area contributed by atoms with Gasteiger partial charge in [0.2, 0.25) is 0 Å². The van der Waals surface area contributed by atoms with E-state index < -0.39 is 0 Å². The molecule has 9 heteroatoms. The number of benzene rings is 5. The van der Waals surface area contributed by atoms with Gasteiger partial charge in [0.15, 0.2) is 5.13 Å². The summed E-state index contributed by atoms with van der Waals surface area (Å²) in [6, 6.07) is 32.5. The fraction of sp³-hybridized carbons (Fsp3) is 0.0571. The highest BCUT2D eigenvalue weighted by molar-refractivity contribution is 7.14. The van der Waals surface area contributed by atoms with Crippen LogP contribution in [0.15, 0.2) is 114 Å². The average Bonchev–Trinajstić information content (AvgIpc) is 3.50. The van der Waals surface area contributed by atoms with Crippen molar-refractivity contribution in [3.63, 3.8) is 0 Å². The molecular formula is C35H26Cl2N4O2S. The van der Waals surface area contributed by atoms with E-state index in [1.807, 2.05) is 72.1 Å². The summed E-state index contributed by atoms with van der Waals surface area (Å²) in [5.74, 6) is 0.278. The molecule has 0 saturated carbocycles. The van der Waals surface area contributed by atoms with Gasteiger partial charge in [-0.2, -0.15) is 5.10 Å². The predicted molar refractivity (Wildman–Crippen MR) is 182 cm³/mol. The molecular weight excluding hydrogens is 611 g/mol. The maximum Gasteiger partial charge on any atom is 0.271 e. The van der Waals surface area contributed by atoms with Crippen LogP contribution in [0, 0.1) is 6.92 Å². The van der Waals surface area contributed by atoms with Gasteiger partial charge in [-0.15, -0.1) is 11.3 Å². The van der Waals surface area contributed by atoms with Crippen molar-refractivity contribution in [1.29, 1.82) is 0 Å². The summed E-state index contributed by atoms with van der Waals surface area (Å²) < 4.78 is 6.15. The number of anilines is 2. The van der Waals surface area contributed by atoms with Crippen molar-refractivity contribution in [2.45, 2.75) is 13.5 Å². The zero-order valence-electron chi connectivity index (χ0n) is 23.6. The van der Waals surface area contributed by atoms with Crippen LogP contribution < -0.4 is 15.5 Å². The van der Waals surface area contributed by atoms with Crippen molar-refractivity contribution in [1.82, 2.24) is 10.4 Å². The fourth-order valence-electron chi connectivity index (χ4n) is 4.57. The molecule has 0 radical (unpaired) electrons. The van der Waals surface area contributed by atoms with Crippen LogP contribution in [0.2, 0.25) is 10.0 Å². The number of halogens is 2. The molecule has 0 aliphatic heterocycles. The van der Waals surface area contributed by atoms with Crippen molar-refractivity contribution in [2.75, 3.05) is 5.32 Å². The summed E-state index contributed by atoms with van der Waals surface area (Å²) in [5, 5.41) is 13.4. The Bertz CT molecular complexity index is 1970. The van der Waals surface area contributed by atoms with E-state index in [9.17, 15) is 4.79 Å². The Morgan fingerprint density at radius 1 is 0.955 bits per heavy atom. The van der Waals surface area contributed by atoms with E-state index in [2.05, 4.69) is 34.9 Å². The molecule has 0 saturated heterocycles. The Morgan fingerprint density at radius 2 is 1.75 bits per heavy atom. The van der Waals surface area contributed by atoms with Gasteiger partial charge < -0.3 is 10.1 Å². The molecule has 6 nitrogen and oxygen atoms in total. The normalized spacial score (nSPS) is 11.2. The molecule has 1 heterocycles. The van der Waals surface area contributed by atoms with Crippen molar-refractivity contribution in [3.05, 3.63) is 141 Å². The quantitative estimate of drug-likeness (QED) is 0.122. The van der Waals surface area contributed by atoms with Crippen molar-refractivity contribution in [2.24, 2.45) is 5.10 Å². The van der Waals surface area contributed by atoms with E-state index in [-0.39, 0.29) is 12.5 Å². The zero-order chi connectivity index (χ0) is 30.5. The minimum absolute atomic E-state index is 0.246. The van der Waals surface area contributed by atoms with E-state index in [4.69, 9.17) is 32.9 Å². The van der Waals surface area contributed by atoms with Crippen LogP contribution in [-0.4, -0.2) is 17.1 Å². The lowest BCUT2D eigenvalue weighted by Gasteiger charge is -2.13. The third kappa shape index (κ3) is 6.92. The number of ether oxygens (including phenoxy) is 1. The van der Waals surface area contributed by atoms with Crippen molar-refractivity contribution in [3.8, 4) is 17.0 Å². The van der Waals surface area contributed by atoms with Gasteiger partial charge in [0, 0.05) is 43.4 Å². The first-order chi connectivity index (χ1) is 21.4. The number of carbonyl (C=O) groups is 1. The molecule has 1 amide bonds. The van der Waals surface area contributed by atoms with Crippen LogP contribution in [0.4, 0.5) is 10.8 Å². The number of amides is 1.